The molecule has 2 atom stereocenters. The summed E-state index contributed by atoms with van der Waals surface area (Å²) in [5.41, 5.74) is 0.515. The SMILES string of the molecule is CC(Nc1c(F)cc(C#N)cc1F)C(O)Cc1ccccc1. The van der Waals surface area contributed by atoms with Crippen LogP contribution < -0.4 is 5.32 Å². The van der Waals surface area contributed by atoms with Gasteiger partial charge in [-0.1, -0.05) is 30.3 Å². The third kappa shape index (κ3) is 3.80. The summed E-state index contributed by atoms with van der Waals surface area (Å²) in [5, 5.41) is 21.5. The van der Waals surface area contributed by atoms with Crippen LogP contribution >= 0.6 is 0 Å². The second-order valence-electron chi connectivity index (χ2n) is 5.12. The molecule has 0 aliphatic heterocycles. The Hall–Kier alpha value is -2.45. The minimum atomic E-state index is -0.852. The summed E-state index contributed by atoms with van der Waals surface area (Å²) in [7, 11) is 0. The largest absolute Gasteiger partial charge is 0.391 e. The maximum atomic E-state index is 13.8. The number of nitrogens with zero attached hydrogens (tertiary/aromatic N) is 1. The van der Waals surface area contributed by atoms with Crippen molar-refractivity contribution in [3.63, 3.8) is 0 Å². The molecule has 0 aromatic heterocycles. The molecule has 0 amide bonds. The van der Waals surface area contributed by atoms with Crippen molar-refractivity contribution in [3.8, 4) is 6.07 Å². The smallest absolute Gasteiger partial charge is 0.150 e. The summed E-state index contributed by atoms with van der Waals surface area (Å²) < 4.78 is 27.6. The van der Waals surface area contributed by atoms with Crippen LogP contribution in [0.5, 0.6) is 0 Å². The number of anilines is 1. The van der Waals surface area contributed by atoms with Crippen LogP contribution in [-0.2, 0) is 6.42 Å². The normalized spacial score (nSPS) is 13.2. The zero-order valence-electron chi connectivity index (χ0n) is 12.1. The second kappa shape index (κ2) is 7.01. The van der Waals surface area contributed by atoms with Crippen LogP contribution in [0.3, 0.4) is 0 Å². The van der Waals surface area contributed by atoms with Gasteiger partial charge in [-0.15, -0.1) is 0 Å². The molecule has 114 valence electrons. The maximum Gasteiger partial charge on any atom is 0.150 e. The van der Waals surface area contributed by atoms with Gasteiger partial charge in [0.2, 0.25) is 0 Å². The summed E-state index contributed by atoms with van der Waals surface area (Å²) in [5.74, 6) is -1.70. The topological polar surface area (TPSA) is 56.0 Å². The lowest BCUT2D eigenvalue weighted by atomic mass is 10.0. The third-order valence-electron chi connectivity index (χ3n) is 3.41. The van der Waals surface area contributed by atoms with Crippen LogP contribution in [0.1, 0.15) is 18.1 Å². The van der Waals surface area contributed by atoms with Gasteiger partial charge in [-0.3, -0.25) is 0 Å². The molecular weight excluding hydrogens is 286 g/mol. The Morgan fingerprint density at radius 2 is 1.77 bits per heavy atom. The fourth-order valence-electron chi connectivity index (χ4n) is 2.13. The summed E-state index contributed by atoms with van der Waals surface area (Å²) in [6.45, 7) is 1.64. The first kappa shape index (κ1) is 15.9. The van der Waals surface area contributed by atoms with Gasteiger partial charge in [0.25, 0.3) is 0 Å². The van der Waals surface area contributed by atoms with E-state index in [0.717, 1.165) is 17.7 Å². The molecule has 2 rings (SSSR count). The van der Waals surface area contributed by atoms with E-state index in [2.05, 4.69) is 5.32 Å². The van der Waals surface area contributed by atoms with E-state index >= 15 is 0 Å². The molecule has 2 unspecified atom stereocenters. The highest BCUT2D eigenvalue weighted by atomic mass is 19.1. The molecule has 3 nitrogen and oxygen atoms in total. The minimum absolute atomic E-state index is 0.0852. The van der Waals surface area contributed by atoms with E-state index in [4.69, 9.17) is 5.26 Å². The molecular formula is C17H16F2N2O. The Labute approximate surface area is 127 Å². The quantitative estimate of drug-likeness (QED) is 0.891. The molecule has 0 heterocycles. The zero-order valence-corrected chi connectivity index (χ0v) is 12.1. The predicted molar refractivity (Wildman–Crippen MR) is 80.3 cm³/mol. The van der Waals surface area contributed by atoms with Crippen molar-refractivity contribution in [1.82, 2.24) is 0 Å². The van der Waals surface area contributed by atoms with Crippen LogP contribution in [0.4, 0.5) is 14.5 Å². The van der Waals surface area contributed by atoms with Crippen molar-refractivity contribution in [3.05, 3.63) is 65.2 Å². The number of aliphatic hydroxyl groups excluding tert-OH is 1. The van der Waals surface area contributed by atoms with Crippen LogP contribution in [0, 0.1) is 23.0 Å². The first-order valence-electron chi connectivity index (χ1n) is 6.89. The molecule has 5 heteroatoms. The number of nitrogens with one attached hydrogen (secondary N) is 1. The van der Waals surface area contributed by atoms with Gasteiger partial charge in [-0.05, 0) is 24.6 Å². The molecule has 0 radical (unpaired) electrons. The van der Waals surface area contributed by atoms with Gasteiger partial charge in [-0.2, -0.15) is 5.26 Å². The first-order valence-corrected chi connectivity index (χ1v) is 6.89. The molecule has 0 saturated carbocycles. The number of benzene rings is 2. The second-order valence-corrected chi connectivity index (χ2v) is 5.12. The average Bonchev–Trinajstić information content (AvgIpc) is 2.51. The van der Waals surface area contributed by atoms with Gasteiger partial charge in [-0.25, -0.2) is 8.78 Å². The molecule has 0 fully saturated rings. The predicted octanol–water partition coefficient (Wildman–Crippen LogP) is 3.24. The fraction of sp³-hybridized carbons (Fsp3) is 0.235. The zero-order chi connectivity index (χ0) is 16.1. The lowest BCUT2D eigenvalue weighted by molar-refractivity contribution is 0.158. The van der Waals surface area contributed by atoms with Crippen molar-refractivity contribution in [2.45, 2.75) is 25.5 Å². The number of hydrogen-bond acceptors (Lipinski definition) is 3. The monoisotopic (exact) mass is 302 g/mol. The number of nitriles is 1. The molecule has 2 aromatic carbocycles. The van der Waals surface area contributed by atoms with Crippen LogP contribution in [0.25, 0.3) is 0 Å². The summed E-state index contributed by atoms with van der Waals surface area (Å²) in [6, 6.07) is 12.4. The Bertz CT molecular complexity index is 660. The highest BCUT2D eigenvalue weighted by molar-refractivity contribution is 5.51. The van der Waals surface area contributed by atoms with Crippen molar-refractivity contribution in [2.75, 3.05) is 5.32 Å². The fourth-order valence-corrected chi connectivity index (χ4v) is 2.13. The molecule has 0 aliphatic rings. The summed E-state index contributed by atoms with van der Waals surface area (Å²) in [6.07, 6.45) is -0.439. The first-order chi connectivity index (χ1) is 10.5. The van der Waals surface area contributed by atoms with Gasteiger partial charge in [0, 0.05) is 12.5 Å². The van der Waals surface area contributed by atoms with E-state index in [1.54, 1.807) is 13.0 Å². The van der Waals surface area contributed by atoms with Crippen LogP contribution in [0.15, 0.2) is 42.5 Å². The highest BCUT2D eigenvalue weighted by Gasteiger charge is 2.19. The minimum Gasteiger partial charge on any atom is -0.391 e. The van der Waals surface area contributed by atoms with E-state index in [0.29, 0.717) is 6.42 Å². The molecule has 22 heavy (non-hydrogen) atoms. The standard InChI is InChI=1S/C17H16F2N2O/c1-11(16(22)9-12-5-3-2-4-6-12)21-17-14(18)7-13(10-20)8-15(17)19/h2-8,11,16,21-22H,9H2,1H3. The average molecular weight is 302 g/mol. The van der Waals surface area contributed by atoms with E-state index in [-0.39, 0.29) is 11.3 Å². The molecule has 0 spiro atoms. The van der Waals surface area contributed by atoms with Gasteiger partial charge in [0.1, 0.15) is 5.69 Å². The van der Waals surface area contributed by atoms with Gasteiger partial charge >= 0.3 is 0 Å². The molecule has 0 aliphatic carbocycles. The molecule has 0 saturated heterocycles. The van der Waals surface area contributed by atoms with Crippen LogP contribution in [0.2, 0.25) is 0 Å². The highest BCUT2D eigenvalue weighted by Crippen LogP contribution is 2.22. The number of halogens is 2. The van der Waals surface area contributed by atoms with Gasteiger partial charge in [0.05, 0.1) is 17.7 Å². The van der Waals surface area contributed by atoms with E-state index in [9.17, 15) is 13.9 Å². The Kier molecular flexibility index (Phi) is 5.08. The third-order valence-corrected chi connectivity index (χ3v) is 3.41. The lowest BCUT2D eigenvalue weighted by Crippen LogP contribution is -2.33. The number of hydrogen-bond donors (Lipinski definition) is 2. The Balaban J connectivity index is 2.09. The summed E-state index contributed by atoms with van der Waals surface area (Å²) >= 11 is 0. The maximum absolute atomic E-state index is 13.8. The van der Waals surface area contributed by atoms with Crippen molar-refractivity contribution < 1.29 is 13.9 Å². The Morgan fingerprint density at radius 3 is 2.32 bits per heavy atom. The summed E-state index contributed by atoms with van der Waals surface area (Å²) in [4.78, 5) is 0. The number of aliphatic hydroxyl groups is 1. The van der Waals surface area contributed by atoms with Crippen LogP contribution in [-0.4, -0.2) is 17.3 Å². The van der Waals surface area contributed by atoms with Gasteiger partial charge < -0.3 is 10.4 Å². The number of rotatable bonds is 5. The Morgan fingerprint density at radius 1 is 1.18 bits per heavy atom. The van der Waals surface area contributed by atoms with Gasteiger partial charge in [0.15, 0.2) is 11.6 Å². The molecule has 2 N–H and O–H groups in total. The van der Waals surface area contributed by atoms with Crippen molar-refractivity contribution in [2.24, 2.45) is 0 Å². The van der Waals surface area contributed by atoms with E-state index < -0.39 is 23.8 Å². The molecule has 0 bridgehead atoms. The molecule has 2 aromatic rings. The van der Waals surface area contributed by atoms with E-state index in [1.165, 1.54) is 0 Å². The van der Waals surface area contributed by atoms with Crippen molar-refractivity contribution >= 4 is 5.69 Å². The lowest BCUT2D eigenvalue weighted by Gasteiger charge is -2.22. The van der Waals surface area contributed by atoms with Crippen molar-refractivity contribution in [1.29, 1.82) is 5.26 Å². The van der Waals surface area contributed by atoms with E-state index in [1.807, 2.05) is 30.3 Å².